The number of para-hydroxylation sites is 1. The van der Waals surface area contributed by atoms with Crippen molar-refractivity contribution in [3.8, 4) is 0 Å². The fourth-order valence-electron chi connectivity index (χ4n) is 2.66. The van der Waals surface area contributed by atoms with Crippen LogP contribution in [-0.4, -0.2) is 15.8 Å². The summed E-state index contributed by atoms with van der Waals surface area (Å²) in [6.45, 7) is 4.74. The number of pyridine rings is 1. The van der Waals surface area contributed by atoms with Gasteiger partial charge in [-0.05, 0) is 31.5 Å². The number of aryl methyl sites for hydroxylation is 1. The third-order valence-corrected chi connectivity index (χ3v) is 3.78. The van der Waals surface area contributed by atoms with Crippen LogP contribution in [0.2, 0.25) is 0 Å². The van der Waals surface area contributed by atoms with E-state index in [0.717, 1.165) is 40.7 Å². The predicted octanol–water partition coefficient (Wildman–Crippen LogP) is 3.51. The van der Waals surface area contributed by atoms with Crippen LogP contribution in [0.5, 0.6) is 0 Å². The van der Waals surface area contributed by atoms with Crippen LogP contribution in [0.15, 0.2) is 42.6 Å². The van der Waals surface area contributed by atoms with Crippen LogP contribution in [0.3, 0.4) is 0 Å². The van der Waals surface area contributed by atoms with Crippen molar-refractivity contribution in [3.05, 3.63) is 65.1 Å². The SMILES string of the molecule is Cc1cc(C=O)c(C)n1Cc1cccc2cccnc12. The largest absolute Gasteiger partial charge is 0.344 e. The lowest BCUT2D eigenvalue weighted by Crippen LogP contribution is -2.05. The van der Waals surface area contributed by atoms with Gasteiger partial charge in [0, 0.05) is 35.1 Å². The van der Waals surface area contributed by atoms with E-state index in [9.17, 15) is 4.79 Å². The Morgan fingerprint density at radius 2 is 2.00 bits per heavy atom. The van der Waals surface area contributed by atoms with Gasteiger partial charge < -0.3 is 4.57 Å². The number of carbonyl (C=O) groups is 1. The summed E-state index contributed by atoms with van der Waals surface area (Å²) in [5, 5.41) is 1.14. The van der Waals surface area contributed by atoms with Crippen LogP contribution in [0.25, 0.3) is 10.9 Å². The smallest absolute Gasteiger partial charge is 0.151 e. The molecule has 0 unspecified atom stereocenters. The third kappa shape index (κ3) is 2.01. The van der Waals surface area contributed by atoms with Gasteiger partial charge >= 0.3 is 0 Å². The van der Waals surface area contributed by atoms with Crippen molar-refractivity contribution in [2.75, 3.05) is 0 Å². The van der Waals surface area contributed by atoms with Crippen molar-refractivity contribution in [3.63, 3.8) is 0 Å². The number of rotatable bonds is 3. The minimum absolute atomic E-state index is 0.736. The minimum atomic E-state index is 0.736. The molecule has 2 aromatic heterocycles. The second-order valence-electron chi connectivity index (χ2n) is 5.02. The summed E-state index contributed by atoms with van der Waals surface area (Å²) < 4.78 is 2.16. The van der Waals surface area contributed by atoms with E-state index in [0.29, 0.717) is 0 Å². The van der Waals surface area contributed by atoms with Gasteiger partial charge in [0.1, 0.15) is 0 Å². The number of nitrogens with zero attached hydrogens (tertiary/aromatic N) is 2. The maximum atomic E-state index is 11.0. The van der Waals surface area contributed by atoms with E-state index in [4.69, 9.17) is 0 Å². The normalized spacial score (nSPS) is 10.9. The molecule has 0 aliphatic carbocycles. The first-order chi connectivity index (χ1) is 9.70. The van der Waals surface area contributed by atoms with Gasteiger partial charge in [-0.15, -0.1) is 0 Å². The Hall–Kier alpha value is -2.42. The molecule has 0 bridgehead atoms. The molecule has 0 aliphatic rings. The van der Waals surface area contributed by atoms with Crippen LogP contribution in [0.1, 0.15) is 27.3 Å². The molecule has 100 valence electrons. The van der Waals surface area contributed by atoms with E-state index in [1.165, 1.54) is 5.56 Å². The molecular formula is C17H16N2O. The average Bonchev–Trinajstić information content (AvgIpc) is 2.75. The summed E-state index contributed by atoms with van der Waals surface area (Å²) in [5.41, 5.74) is 5.05. The lowest BCUT2D eigenvalue weighted by molar-refractivity contribution is 0.112. The maximum Gasteiger partial charge on any atom is 0.151 e. The number of hydrogen-bond donors (Lipinski definition) is 0. The summed E-state index contributed by atoms with van der Waals surface area (Å²) in [6.07, 6.45) is 2.73. The quantitative estimate of drug-likeness (QED) is 0.678. The molecule has 0 spiro atoms. The Balaban J connectivity index is 2.10. The summed E-state index contributed by atoms with van der Waals surface area (Å²) in [4.78, 5) is 15.5. The third-order valence-electron chi connectivity index (χ3n) is 3.78. The van der Waals surface area contributed by atoms with Gasteiger partial charge in [-0.3, -0.25) is 9.78 Å². The van der Waals surface area contributed by atoms with Gasteiger partial charge in [-0.25, -0.2) is 0 Å². The Morgan fingerprint density at radius 1 is 1.20 bits per heavy atom. The highest BCUT2D eigenvalue weighted by molar-refractivity contribution is 5.81. The summed E-state index contributed by atoms with van der Waals surface area (Å²) in [7, 11) is 0. The molecule has 0 saturated heterocycles. The van der Waals surface area contributed by atoms with Crippen LogP contribution in [0.4, 0.5) is 0 Å². The Kier molecular flexibility index (Phi) is 3.11. The lowest BCUT2D eigenvalue weighted by atomic mass is 10.1. The minimum Gasteiger partial charge on any atom is -0.344 e. The first-order valence-corrected chi connectivity index (χ1v) is 6.65. The van der Waals surface area contributed by atoms with Crippen molar-refractivity contribution < 1.29 is 4.79 Å². The summed E-state index contributed by atoms with van der Waals surface area (Å²) >= 11 is 0. The molecule has 3 rings (SSSR count). The van der Waals surface area contributed by atoms with Gasteiger partial charge in [-0.1, -0.05) is 24.3 Å². The van der Waals surface area contributed by atoms with Gasteiger partial charge in [0.05, 0.1) is 5.52 Å². The molecule has 0 fully saturated rings. The molecule has 0 N–H and O–H groups in total. The van der Waals surface area contributed by atoms with Crippen LogP contribution in [-0.2, 0) is 6.54 Å². The van der Waals surface area contributed by atoms with E-state index >= 15 is 0 Å². The first-order valence-electron chi connectivity index (χ1n) is 6.65. The van der Waals surface area contributed by atoms with E-state index in [1.807, 2.05) is 38.2 Å². The molecular weight excluding hydrogens is 248 g/mol. The van der Waals surface area contributed by atoms with Gasteiger partial charge in [0.25, 0.3) is 0 Å². The molecule has 20 heavy (non-hydrogen) atoms. The molecule has 0 radical (unpaired) electrons. The zero-order chi connectivity index (χ0) is 14.1. The topological polar surface area (TPSA) is 34.9 Å². The highest BCUT2D eigenvalue weighted by Gasteiger charge is 2.10. The van der Waals surface area contributed by atoms with E-state index in [-0.39, 0.29) is 0 Å². The molecule has 3 heteroatoms. The molecule has 0 saturated carbocycles. The van der Waals surface area contributed by atoms with Gasteiger partial charge in [0.15, 0.2) is 6.29 Å². The van der Waals surface area contributed by atoms with Crippen molar-refractivity contribution in [1.29, 1.82) is 0 Å². The van der Waals surface area contributed by atoms with E-state index in [1.54, 1.807) is 0 Å². The van der Waals surface area contributed by atoms with Crippen molar-refractivity contribution in [2.24, 2.45) is 0 Å². The summed E-state index contributed by atoms with van der Waals surface area (Å²) in [6, 6.07) is 12.2. The molecule has 1 aromatic carbocycles. The van der Waals surface area contributed by atoms with Gasteiger partial charge in [0.2, 0.25) is 0 Å². The molecule has 0 amide bonds. The molecule has 2 heterocycles. The van der Waals surface area contributed by atoms with Crippen molar-refractivity contribution in [2.45, 2.75) is 20.4 Å². The second-order valence-corrected chi connectivity index (χ2v) is 5.02. The fourth-order valence-corrected chi connectivity index (χ4v) is 2.66. The van der Waals surface area contributed by atoms with Crippen molar-refractivity contribution in [1.82, 2.24) is 9.55 Å². The standard InChI is InChI=1S/C17H16N2O/c1-12-9-16(11-20)13(2)19(12)10-15-6-3-5-14-7-4-8-18-17(14)15/h3-9,11H,10H2,1-2H3. The van der Waals surface area contributed by atoms with Crippen LogP contribution in [0, 0.1) is 13.8 Å². The Morgan fingerprint density at radius 3 is 2.75 bits per heavy atom. The summed E-state index contributed by atoms with van der Waals surface area (Å²) in [5.74, 6) is 0. The fraction of sp³-hybridized carbons (Fsp3) is 0.176. The zero-order valence-corrected chi connectivity index (χ0v) is 11.6. The Labute approximate surface area is 117 Å². The van der Waals surface area contributed by atoms with E-state index in [2.05, 4.69) is 27.8 Å². The van der Waals surface area contributed by atoms with Crippen LogP contribution < -0.4 is 0 Å². The zero-order valence-electron chi connectivity index (χ0n) is 11.6. The number of hydrogen-bond acceptors (Lipinski definition) is 2. The monoisotopic (exact) mass is 264 g/mol. The first kappa shape index (κ1) is 12.6. The molecule has 0 aliphatic heterocycles. The van der Waals surface area contributed by atoms with E-state index < -0.39 is 0 Å². The number of benzene rings is 1. The Bertz CT molecular complexity index is 782. The maximum absolute atomic E-state index is 11.0. The van der Waals surface area contributed by atoms with Crippen LogP contribution >= 0.6 is 0 Å². The number of fused-ring (bicyclic) bond motifs is 1. The highest BCUT2D eigenvalue weighted by atomic mass is 16.1. The average molecular weight is 264 g/mol. The second kappa shape index (κ2) is 4.93. The number of carbonyl (C=O) groups excluding carboxylic acids is 1. The number of aldehydes is 1. The lowest BCUT2D eigenvalue weighted by Gasteiger charge is -2.11. The molecule has 3 nitrogen and oxygen atoms in total. The predicted molar refractivity (Wildman–Crippen MR) is 80.1 cm³/mol. The molecule has 3 aromatic rings. The van der Waals surface area contributed by atoms with Crippen molar-refractivity contribution >= 4 is 17.2 Å². The van der Waals surface area contributed by atoms with Gasteiger partial charge in [-0.2, -0.15) is 0 Å². The molecule has 0 atom stereocenters. The number of aromatic nitrogens is 2. The highest BCUT2D eigenvalue weighted by Crippen LogP contribution is 2.20.